The summed E-state index contributed by atoms with van der Waals surface area (Å²) in [5.74, 6) is -0.699. The maximum Gasteiger partial charge on any atom is 0.335 e. The number of aromatic carboxylic acids is 1. The van der Waals surface area contributed by atoms with Gasteiger partial charge in [0.05, 0.1) is 10.5 Å². The number of hydrogen-bond donors (Lipinski definition) is 1. The SMILES string of the molecule is CCN(CC1CC1)S(=O)(=O)c1cc(C(=O)O)cc(C)c1Br. The summed E-state index contributed by atoms with van der Waals surface area (Å²) in [4.78, 5) is 11.2. The van der Waals surface area contributed by atoms with E-state index < -0.39 is 16.0 Å². The van der Waals surface area contributed by atoms with Crippen LogP contribution in [0.1, 0.15) is 35.7 Å². The Kier molecular flexibility index (Phi) is 4.75. The highest BCUT2D eigenvalue weighted by atomic mass is 79.9. The van der Waals surface area contributed by atoms with Crippen molar-refractivity contribution < 1.29 is 18.3 Å². The van der Waals surface area contributed by atoms with Crippen LogP contribution in [-0.2, 0) is 10.0 Å². The first kappa shape index (κ1) is 16.5. The summed E-state index contributed by atoms with van der Waals surface area (Å²) >= 11 is 3.28. The minimum absolute atomic E-state index is 0.0169. The Bertz CT molecular complexity index is 668. The molecule has 2 rings (SSSR count). The molecule has 0 amide bonds. The standard InChI is InChI=1S/C14H18BrNO4S/c1-3-16(8-10-4-5-10)21(19,20)12-7-11(14(17)18)6-9(2)13(12)15/h6-7,10H,3-5,8H2,1-2H3,(H,17,18). The smallest absolute Gasteiger partial charge is 0.335 e. The predicted octanol–water partition coefficient (Wildman–Crippen LogP) is 2.88. The Hall–Kier alpha value is -0.920. The fourth-order valence-electron chi connectivity index (χ4n) is 2.17. The molecule has 1 saturated carbocycles. The van der Waals surface area contributed by atoms with Gasteiger partial charge in [-0.3, -0.25) is 0 Å². The summed E-state index contributed by atoms with van der Waals surface area (Å²) in [6.07, 6.45) is 2.11. The van der Waals surface area contributed by atoms with E-state index in [0.717, 1.165) is 12.8 Å². The third-order valence-electron chi connectivity index (χ3n) is 3.60. The second kappa shape index (κ2) is 6.06. The van der Waals surface area contributed by atoms with Crippen molar-refractivity contribution in [2.24, 2.45) is 5.92 Å². The summed E-state index contributed by atoms with van der Waals surface area (Å²) in [5, 5.41) is 9.12. The molecular weight excluding hydrogens is 358 g/mol. The maximum absolute atomic E-state index is 12.8. The van der Waals surface area contributed by atoms with Crippen LogP contribution < -0.4 is 0 Å². The molecule has 1 N–H and O–H groups in total. The molecule has 5 nitrogen and oxygen atoms in total. The van der Waals surface area contributed by atoms with E-state index in [0.29, 0.717) is 29.0 Å². The van der Waals surface area contributed by atoms with Crippen molar-refractivity contribution in [2.75, 3.05) is 13.1 Å². The van der Waals surface area contributed by atoms with E-state index >= 15 is 0 Å². The Morgan fingerprint density at radius 2 is 2.05 bits per heavy atom. The normalized spacial score (nSPS) is 15.4. The molecule has 0 saturated heterocycles. The molecule has 1 aromatic carbocycles. The Morgan fingerprint density at radius 3 is 2.52 bits per heavy atom. The molecule has 0 spiro atoms. The average Bonchev–Trinajstić information content (AvgIpc) is 3.22. The number of sulfonamides is 1. The summed E-state index contributed by atoms with van der Waals surface area (Å²) in [6.45, 7) is 4.36. The quantitative estimate of drug-likeness (QED) is 0.829. The van der Waals surface area contributed by atoms with E-state index in [-0.39, 0.29) is 10.5 Å². The van der Waals surface area contributed by atoms with Crippen molar-refractivity contribution in [1.29, 1.82) is 0 Å². The van der Waals surface area contributed by atoms with Crippen LogP contribution in [0.2, 0.25) is 0 Å². The highest BCUT2D eigenvalue weighted by molar-refractivity contribution is 9.10. The zero-order chi connectivity index (χ0) is 15.8. The highest BCUT2D eigenvalue weighted by Gasteiger charge is 2.32. The number of carbonyl (C=O) groups is 1. The molecule has 0 radical (unpaired) electrons. The first-order valence-electron chi connectivity index (χ1n) is 6.81. The van der Waals surface area contributed by atoms with Crippen LogP contribution in [0.4, 0.5) is 0 Å². The van der Waals surface area contributed by atoms with Gasteiger partial charge in [0.2, 0.25) is 10.0 Å². The number of rotatable bonds is 6. The number of aryl methyl sites for hydroxylation is 1. The second-order valence-electron chi connectivity index (χ2n) is 5.31. The lowest BCUT2D eigenvalue weighted by Crippen LogP contribution is -2.33. The first-order chi connectivity index (χ1) is 9.77. The van der Waals surface area contributed by atoms with Gasteiger partial charge in [0, 0.05) is 17.6 Å². The van der Waals surface area contributed by atoms with Gasteiger partial charge in [0.25, 0.3) is 0 Å². The van der Waals surface area contributed by atoms with Gasteiger partial charge in [-0.1, -0.05) is 6.92 Å². The van der Waals surface area contributed by atoms with Crippen molar-refractivity contribution in [3.05, 3.63) is 27.7 Å². The molecule has 1 aliphatic rings. The van der Waals surface area contributed by atoms with Gasteiger partial charge in [0.15, 0.2) is 0 Å². The Labute approximate surface area is 133 Å². The number of hydrogen-bond acceptors (Lipinski definition) is 3. The minimum atomic E-state index is -3.69. The summed E-state index contributed by atoms with van der Waals surface area (Å²) in [7, 11) is -3.69. The lowest BCUT2D eigenvalue weighted by Gasteiger charge is -2.22. The number of halogens is 1. The van der Waals surface area contributed by atoms with Gasteiger partial charge in [-0.2, -0.15) is 4.31 Å². The molecule has 0 aliphatic heterocycles. The molecule has 0 unspecified atom stereocenters. The first-order valence-corrected chi connectivity index (χ1v) is 9.04. The number of nitrogens with zero attached hydrogens (tertiary/aromatic N) is 1. The van der Waals surface area contributed by atoms with E-state index in [9.17, 15) is 13.2 Å². The van der Waals surface area contributed by atoms with Crippen LogP contribution in [0.25, 0.3) is 0 Å². The Morgan fingerprint density at radius 1 is 1.43 bits per heavy atom. The van der Waals surface area contributed by atoms with Gasteiger partial charge >= 0.3 is 5.97 Å². The molecule has 116 valence electrons. The van der Waals surface area contributed by atoms with Crippen molar-refractivity contribution in [3.63, 3.8) is 0 Å². The zero-order valence-electron chi connectivity index (χ0n) is 12.0. The minimum Gasteiger partial charge on any atom is -0.478 e. The lowest BCUT2D eigenvalue weighted by molar-refractivity contribution is 0.0696. The monoisotopic (exact) mass is 375 g/mol. The summed E-state index contributed by atoms with van der Waals surface area (Å²) < 4.78 is 27.4. The molecule has 1 fully saturated rings. The molecule has 1 aliphatic carbocycles. The third-order valence-corrected chi connectivity index (χ3v) is 6.88. The van der Waals surface area contributed by atoms with Crippen molar-refractivity contribution >= 4 is 31.9 Å². The predicted molar refractivity (Wildman–Crippen MR) is 83.0 cm³/mol. The molecule has 0 heterocycles. The van der Waals surface area contributed by atoms with Gasteiger partial charge in [-0.05, 0) is 59.3 Å². The molecule has 1 aromatic rings. The molecule has 0 bridgehead atoms. The van der Waals surface area contributed by atoms with Gasteiger partial charge < -0.3 is 5.11 Å². The van der Waals surface area contributed by atoms with Gasteiger partial charge in [-0.15, -0.1) is 0 Å². The average molecular weight is 376 g/mol. The van der Waals surface area contributed by atoms with E-state index in [1.165, 1.54) is 16.4 Å². The van der Waals surface area contributed by atoms with Crippen LogP contribution in [0.5, 0.6) is 0 Å². The largest absolute Gasteiger partial charge is 0.478 e. The van der Waals surface area contributed by atoms with Gasteiger partial charge in [-0.25, -0.2) is 13.2 Å². The van der Waals surface area contributed by atoms with Crippen LogP contribution in [-0.4, -0.2) is 36.9 Å². The van der Waals surface area contributed by atoms with Crippen LogP contribution >= 0.6 is 15.9 Å². The second-order valence-corrected chi connectivity index (χ2v) is 8.01. The fourth-order valence-corrected chi connectivity index (χ4v) is 4.70. The third kappa shape index (κ3) is 3.46. The van der Waals surface area contributed by atoms with Crippen LogP contribution in [0.3, 0.4) is 0 Å². The van der Waals surface area contributed by atoms with Crippen LogP contribution in [0.15, 0.2) is 21.5 Å². The topological polar surface area (TPSA) is 74.7 Å². The van der Waals surface area contributed by atoms with Crippen molar-refractivity contribution in [3.8, 4) is 0 Å². The summed E-state index contributed by atoms with van der Waals surface area (Å²) in [5.41, 5.74) is 0.577. The number of carboxylic acid groups (broad SMARTS) is 1. The van der Waals surface area contributed by atoms with E-state index in [2.05, 4.69) is 15.9 Å². The fraction of sp³-hybridized carbons (Fsp3) is 0.500. The van der Waals surface area contributed by atoms with E-state index in [4.69, 9.17) is 5.11 Å². The summed E-state index contributed by atoms with van der Waals surface area (Å²) in [6, 6.07) is 2.69. The van der Waals surface area contributed by atoms with E-state index in [1.807, 2.05) is 0 Å². The molecule has 0 atom stereocenters. The lowest BCUT2D eigenvalue weighted by atomic mass is 10.1. The van der Waals surface area contributed by atoms with Crippen LogP contribution in [0, 0.1) is 12.8 Å². The zero-order valence-corrected chi connectivity index (χ0v) is 14.4. The maximum atomic E-state index is 12.8. The van der Waals surface area contributed by atoms with Crippen molar-refractivity contribution in [2.45, 2.75) is 31.6 Å². The molecule has 7 heteroatoms. The number of carboxylic acids is 1. The molecule has 21 heavy (non-hydrogen) atoms. The van der Waals surface area contributed by atoms with E-state index in [1.54, 1.807) is 13.8 Å². The van der Waals surface area contributed by atoms with Gasteiger partial charge in [0.1, 0.15) is 0 Å². The van der Waals surface area contributed by atoms with Crippen molar-refractivity contribution in [1.82, 2.24) is 4.31 Å². The number of benzene rings is 1. The Balaban J connectivity index is 2.49. The molecular formula is C14H18BrNO4S. The highest BCUT2D eigenvalue weighted by Crippen LogP contribution is 2.34. The molecule has 0 aromatic heterocycles.